The maximum absolute atomic E-state index is 12.5. The summed E-state index contributed by atoms with van der Waals surface area (Å²) in [6.45, 7) is 0. The molecular formula is C19H18ClN5O4S4. The van der Waals surface area contributed by atoms with Gasteiger partial charge in [-0.1, -0.05) is 52.9 Å². The van der Waals surface area contributed by atoms with Gasteiger partial charge in [0.1, 0.15) is 5.37 Å². The summed E-state index contributed by atoms with van der Waals surface area (Å²) in [7, 11) is -3.29. The minimum absolute atomic E-state index is 0.0760. The van der Waals surface area contributed by atoms with E-state index in [0.717, 1.165) is 5.56 Å². The molecule has 0 bridgehead atoms. The van der Waals surface area contributed by atoms with E-state index in [9.17, 15) is 18.7 Å². The number of nitrogens with one attached hydrogen (secondary N) is 1. The normalized spacial score (nSPS) is 16.8. The van der Waals surface area contributed by atoms with Crippen molar-refractivity contribution >= 4 is 79.9 Å². The number of amides is 2. The van der Waals surface area contributed by atoms with Crippen LogP contribution in [0, 0.1) is 0 Å². The van der Waals surface area contributed by atoms with E-state index in [4.69, 9.17) is 16.7 Å². The minimum Gasteiger partial charge on any atom is -0.325 e. The van der Waals surface area contributed by atoms with E-state index < -0.39 is 10.8 Å². The Bertz CT molecular complexity index is 1170. The van der Waals surface area contributed by atoms with Gasteiger partial charge in [-0.05, 0) is 30.3 Å². The molecule has 0 radical (unpaired) electrons. The number of halogens is 1. The maximum atomic E-state index is 12.5. The van der Waals surface area contributed by atoms with Crippen LogP contribution in [-0.2, 0) is 9.59 Å². The number of carbonyl (C=O) groups is 2. The van der Waals surface area contributed by atoms with Crippen LogP contribution in [0.5, 0.6) is 0 Å². The summed E-state index contributed by atoms with van der Waals surface area (Å²) in [5, 5.41) is 17.0. The van der Waals surface area contributed by atoms with Gasteiger partial charge in [0.05, 0.1) is 16.4 Å². The summed E-state index contributed by atoms with van der Waals surface area (Å²) in [6, 6.07) is 13.3. The minimum atomic E-state index is -3.29. The summed E-state index contributed by atoms with van der Waals surface area (Å²) in [4.78, 5) is 26.6. The van der Waals surface area contributed by atoms with Crippen LogP contribution in [0.25, 0.3) is 0 Å². The summed E-state index contributed by atoms with van der Waals surface area (Å²) < 4.78 is 19.4. The third-order valence-electron chi connectivity index (χ3n) is 4.45. The smallest absolute Gasteiger partial charge is 0.240 e. The molecule has 0 aliphatic carbocycles. The maximum Gasteiger partial charge on any atom is 0.240 e. The van der Waals surface area contributed by atoms with E-state index in [1.165, 1.54) is 59.1 Å². The molecule has 9 nitrogen and oxygen atoms in total. The Hall–Kier alpha value is -1.84. The van der Waals surface area contributed by atoms with Crippen LogP contribution in [0.15, 0.2) is 57.8 Å². The van der Waals surface area contributed by atoms with Gasteiger partial charge < -0.3 is 5.32 Å². The van der Waals surface area contributed by atoms with Crippen molar-refractivity contribution in [3.63, 3.8) is 0 Å². The van der Waals surface area contributed by atoms with Crippen molar-refractivity contribution in [2.24, 2.45) is 5.14 Å². The number of benzene rings is 2. The molecule has 174 valence electrons. The Kier molecular flexibility index (Phi) is 7.50. The Labute approximate surface area is 208 Å². The second-order valence-corrected chi connectivity index (χ2v) is 12.1. The summed E-state index contributed by atoms with van der Waals surface area (Å²) in [5.74, 6) is 0.0518. The van der Waals surface area contributed by atoms with Crippen LogP contribution >= 0.6 is 57.2 Å². The fourth-order valence-electron chi connectivity index (χ4n) is 2.96. The van der Waals surface area contributed by atoms with E-state index in [2.05, 4.69) is 15.5 Å². The highest BCUT2D eigenvalue weighted by atomic mass is 35.5. The zero-order valence-corrected chi connectivity index (χ0v) is 20.8. The number of nitrogens with two attached hydrogens (primary N) is 1. The molecular weight excluding hydrogens is 526 g/mol. The van der Waals surface area contributed by atoms with Crippen LogP contribution in [0.2, 0.25) is 5.02 Å². The van der Waals surface area contributed by atoms with Crippen molar-refractivity contribution in [1.29, 1.82) is 0 Å². The van der Waals surface area contributed by atoms with Gasteiger partial charge in [0, 0.05) is 16.3 Å². The number of carbonyl (C=O) groups excluding carboxylic acids is 2. The molecule has 1 aromatic heterocycles. The highest BCUT2D eigenvalue weighted by Gasteiger charge is 2.37. The van der Waals surface area contributed by atoms with Crippen LogP contribution in [0.4, 0.5) is 10.8 Å². The van der Waals surface area contributed by atoms with Crippen LogP contribution in [0.1, 0.15) is 10.9 Å². The molecule has 3 aromatic rings. The Morgan fingerprint density at radius 2 is 1.97 bits per heavy atom. The number of hydrogen-bond acceptors (Lipinski definition) is 10. The van der Waals surface area contributed by atoms with E-state index in [1.54, 1.807) is 11.0 Å². The summed E-state index contributed by atoms with van der Waals surface area (Å²) in [5.41, 5.74) is 1.33. The summed E-state index contributed by atoms with van der Waals surface area (Å²) >= 11 is 10.2. The third kappa shape index (κ3) is 5.81. The molecule has 4 rings (SSSR count). The molecule has 0 saturated carbocycles. The van der Waals surface area contributed by atoms with Gasteiger partial charge in [0.25, 0.3) is 0 Å². The van der Waals surface area contributed by atoms with Gasteiger partial charge >= 0.3 is 0 Å². The van der Waals surface area contributed by atoms with E-state index in [0.29, 0.717) is 25.9 Å². The van der Waals surface area contributed by atoms with Crippen molar-refractivity contribution in [2.75, 3.05) is 21.7 Å². The lowest BCUT2D eigenvalue weighted by molar-refractivity contribution is -0.116. The predicted octanol–water partition coefficient (Wildman–Crippen LogP) is 4.68. The molecule has 1 fully saturated rings. The Morgan fingerprint density at radius 3 is 2.67 bits per heavy atom. The molecule has 33 heavy (non-hydrogen) atoms. The van der Waals surface area contributed by atoms with E-state index in [1.807, 2.05) is 18.2 Å². The van der Waals surface area contributed by atoms with Crippen molar-refractivity contribution in [2.45, 2.75) is 14.6 Å². The fraction of sp³-hybridized carbons (Fsp3) is 0.158. The van der Waals surface area contributed by atoms with Crippen molar-refractivity contribution in [1.82, 2.24) is 10.2 Å². The number of hydrogen-bond donors (Lipinski definition) is 4. The van der Waals surface area contributed by atoms with E-state index >= 15 is 0 Å². The van der Waals surface area contributed by atoms with E-state index in [-0.39, 0.29) is 27.8 Å². The second-order valence-electron chi connectivity index (χ2n) is 6.75. The Balaban J connectivity index is 1.38. The zero-order chi connectivity index (χ0) is 23.6. The number of nitrogens with zero attached hydrogens (tertiary/aromatic N) is 3. The van der Waals surface area contributed by atoms with Crippen LogP contribution in [0.3, 0.4) is 0 Å². The predicted molar refractivity (Wildman–Crippen MR) is 135 cm³/mol. The fourth-order valence-corrected chi connectivity index (χ4v) is 6.74. The number of rotatable bonds is 7. The highest BCUT2D eigenvalue weighted by Crippen LogP contribution is 2.45. The molecule has 1 aliphatic rings. The van der Waals surface area contributed by atoms with Crippen molar-refractivity contribution in [3.05, 3.63) is 59.1 Å². The van der Waals surface area contributed by atoms with Gasteiger partial charge in [0.2, 0.25) is 16.9 Å². The largest absolute Gasteiger partial charge is 0.325 e. The van der Waals surface area contributed by atoms with Gasteiger partial charge in [-0.2, -0.15) is 0 Å². The van der Waals surface area contributed by atoms with Gasteiger partial charge in [-0.3, -0.25) is 23.6 Å². The molecule has 1 unspecified atom stereocenters. The van der Waals surface area contributed by atoms with Crippen LogP contribution < -0.4 is 15.4 Å². The Morgan fingerprint density at radius 1 is 1.24 bits per heavy atom. The molecule has 5 N–H and O–H groups in total. The topological polar surface area (TPSA) is 142 Å². The van der Waals surface area contributed by atoms with Gasteiger partial charge in [-0.15, -0.1) is 32.7 Å². The standard InChI is InChI=1S/C19H18ClN5O4S4/c20-14-4-2-1-3-13(14)17-25(16(27)10-30-17)18-23-24-19(32-18)31-9-15(26)22-11-5-7-12(8-6-11)33(21,28)29/h1-8,17,28-29H,9-10,21H2,(H,22,26). The third-order valence-corrected chi connectivity index (χ3v) is 9.01. The second kappa shape index (κ2) is 10.2. The van der Waals surface area contributed by atoms with Crippen molar-refractivity contribution in [3.8, 4) is 0 Å². The molecule has 1 aliphatic heterocycles. The highest BCUT2D eigenvalue weighted by molar-refractivity contribution is 8.22. The average molecular weight is 544 g/mol. The molecule has 2 aromatic carbocycles. The first kappa shape index (κ1) is 24.3. The number of thioether (sulfide) groups is 2. The summed E-state index contributed by atoms with van der Waals surface area (Å²) in [6.07, 6.45) is 0. The molecule has 0 spiro atoms. The molecule has 1 saturated heterocycles. The first-order valence-electron chi connectivity index (χ1n) is 9.32. The lowest BCUT2D eigenvalue weighted by Gasteiger charge is -2.26. The first-order valence-corrected chi connectivity index (χ1v) is 14.2. The number of aromatic nitrogens is 2. The van der Waals surface area contributed by atoms with Crippen LogP contribution in [-0.4, -0.2) is 42.6 Å². The SMILES string of the molecule is NS(O)(O)c1ccc(NC(=O)CSc2nnc(N3C(=O)CSC3c3ccccc3Cl)s2)cc1. The molecule has 2 amide bonds. The van der Waals surface area contributed by atoms with Gasteiger partial charge in [-0.25, -0.2) is 5.14 Å². The molecule has 1 atom stereocenters. The van der Waals surface area contributed by atoms with Crippen molar-refractivity contribution < 1.29 is 18.7 Å². The lowest BCUT2D eigenvalue weighted by atomic mass is 10.2. The van der Waals surface area contributed by atoms with Gasteiger partial charge in [0.15, 0.2) is 4.34 Å². The lowest BCUT2D eigenvalue weighted by Crippen LogP contribution is -2.27. The monoisotopic (exact) mass is 543 g/mol. The first-order chi connectivity index (χ1) is 15.7. The molecule has 2 heterocycles. The number of anilines is 2. The zero-order valence-electron chi connectivity index (χ0n) is 16.8. The quantitative estimate of drug-likeness (QED) is 0.246. The molecule has 14 heteroatoms. The average Bonchev–Trinajstić information content (AvgIpc) is 3.38.